The molecule has 0 aromatic rings. The minimum Gasteiger partial charge on any atom is -0.489 e. The first-order valence-corrected chi connectivity index (χ1v) is 13.6. The number of ether oxygens (including phenoxy) is 3. The molecule has 8 heteroatoms. The van der Waals surface area contributed by atoms with Crippen LogP contribution in [0.4, 0.5) is 4.79 Å². The Bertz CT molecular complexity index is 1120. The lowest BCUT2D eigenvalue weighted by Gasteiger charge is -2.34. The number of carbonyl (C=O) groups excluding carboxylic acids is 1. The van der Waals surface area contributed by atoms with E-state index in [4.69, 9.17) is 25.8 Å². The van der Waals surface area contributed by atoms with Crippen LogP contribution in [0, 0.1) is 11.8 Å². The summed E-state index contributed by atoms with van der Waals surface area (Å²) in [7, 11) is 1.73. The fourth-order valence-electron chi connectivity index (χ4n) is 5.71. The summed E-state index contributed by atoms with van der Waals surface area (Å²) in [5, 5.41) is 3.69. The van der Waals surface area contributed by atoms with Crippen molar-refractivity contribution in [1.29, 1.82) is 0 Å². The summed E-state index contributed by atoms with van der Waals surface area (Å²) < 4.78 is 18.0. The highest BCUT2D eigenvalue weighted by Gasteiger charge is 2.35. The molecule has 1 saturated heterocycles. The van der Waals surface area contributed by atoms with E-state index in [1.54, 1.807) is 7.11 Å². The molecule has 3 unspecified atom stereocenters. The number of hydrazone groups is 1. The van der Waals surface area contributed by atoms with Crippen LogP contribution >= 0.6 is 0 Å². The molecule has 4 aliphatic rings. The number of nitrogens with two attached hydrogens (primary N) is 2. The maximum atomic E-state index is 12.8. The molecule has 4 N–H and O–H groups in total. The molecule has 206 valence electrons. The van der Waals surface area contributed by atoms with Gasteiger partial charge in [0, 0.05) is 31.3 Å². The van der Waals surface area contributed by atoms with Gasteiger partial charge in [-0.3, -0.25) is 0 Å². The number of amidine groups is 1. The summed E-state index contributed by atoms with van der Waals surface area (Å²) in [5.74, 6) is 7.20. The quantitative estimate of drug-likeness (QED) is 0.237. The van der Waals surface area contributed by atoms with Crippen LogP contribution < -0.4 is 11.6 Å². The van der Waals surface area contributed by atoms with Gasteiger partial charge in [0.25, 0.3) is 0 Å². The Morgan fingerprint density at radius 3 is 2.74 bits per heavy atom. The minimum absolute atomic E-state index is 0.172. The molecule has 8 nitrogen and oxygen atoms in total. The van der Waals surface area contributed by atoms with E-state index in [9.17, 15) is 4.79 Å². The number of methoxy groups -OCH3 is 1. The van der Waals surface area contributed by atoms with Gasteiger partial charge in [0.15, 0.2) is 0 Å². The second-order valence-corrected chi connectivity index (χ2v) is 11.3. The lowest BCUT2D eigenvalue weighted by atomic mass is 9.74. The van der Waals surface area contributed by atoms with Crippen LogP contribution in [0.3, 0.4) is 0 Å². The Balaban J connectivity index is 1.67. The van der Waals surface area contributed by atoms with Crippen molar-refractivity contribution in [2.75, 3.05) is 26.8 Å². The van der Waals surface area contributed by atoms with Crippen molar-refractivity contribution >= 4 is 11.9 Å². The molecular weight excluding hydrogens is 480 g/mol. The van der Waals surface area contributed by atoms with E-state index < -0.39 is 5.60 Å². The van der Waals surface area contributed by atoms with Gasteiger partial charge in [-0.05, 0) is 81.9 Å². The van der Waals surface area contributed by atoms with Gasteiger partial charge in [-0.1, -0.05) is 36.5 Å². The van der Waals surface area contributed by atoms with E-state index >= 15 is 0 Å². The van der Waals surface area contributed by atoms with Gasteiger partial charge in [-0.2, -0.15) is 5.10 Å². The van der Waals surface area contributed by atoms with Gasteiger partial charge in [-0.25, -0.2) is 4.79 Å². The topological polar surface area (TPSA) is 112 Å². The normalized spacial score (nSPS) is 26.7. The Morgan fingerprint density at radius 1 is 1.18 bits per heavy atom. The summed E-state index contributed by atoms with van der Waals surface area (Å²) in [6.07, 6.45) is 18.7. The van der Waals surface area contributed by atoms with Crippen LogP contribution in [0.25, 0.3) is 0 Å². The summed E-state index contributed by atoms with van der Waals surface area (Å²) in [6.45, 7) is 7.53. The summed E-state index contributed by atoms with van der Waals surface area (Å²) in [6, 6.07) is 0. The van der Waals surface area contributed by atoms with Crippen molar-refractivity contribution in [2.45, 2.75) is 64.6 Å². The van der Waals surface area contributed by atoms with Crippen molar-refractivity contribution in [3.8, 4) is 0 Å². The number of fused-ring (bicyclic) bond motifs is 1. The molecule has 0 spiro atoms. The molecule has 2 aliphatic carbocycles. The molecule has 38 heavy (non-hydrogen) atoms. The highest BCUT2D eigenvalue weighted by Crippen LogP contribution is 2.42. The Labute approximate surface area is 226 Å². The Morgan fingerprint density at radius 2 is 2.00 bits per heavy atom. The van der Waals surface area contributed by atoms with Crippen molar-refractivity contribution in [2.24, 2.45) is 28.5 Å². The minimum atomic E-state index is -0.505. The number of hydrogen-bond acceptors (Lipinski definition) is 6. The van der Waals surface area contributed by atoms with Gasteiger partial charge in [-0.15, -0.1) is 0 Å². The summed E-state index contributed by atoms with van der Waals surface area (Å²) in [5.41, 5.74) is 9.89. The van der Waals surface area contributed by atoms with Crippen LogP contribution in [0.5, 0.6) is 0 Å². The lowest BCUT2D eigenvalue weighted by molar-refractivity contribution is 0.0254. The van der Waals surface area contributed by atoms with Gasteiger partial charge in [0.05, 0.1) is 0 Å². The molecule has 2 aliphatic heterocycles. The number of allylic oxidation sites excluding steroid dienone is 7. The molecule has 4 rings (SSSR count). The smallest absolute Gasteiger partial charge is 0.410 e. The molecule has 3 atom stereocenters. The molecule has 0 bridgehead atoms. The predicted molar refractivity (Wildman–Crippen MR) is 150 cm³/mol. The number of carbonyl (C=O) groups is 1. The third kappa shape index (κ3) is 6.59. The second-order valence-electron chi connectivity index (χ2n) is 11.3. The van der Waals surface area contributed by atoms with Crippen LogP contribution in [0.1, 0.15) is 52.9 Å². The number of hydrogen-bond donors (Lipinski definition) is 2. The fourth-order valence-corrected chi connectivity index (χ4v) is 5.71. The first kappa shape index (κ1) is 27.8. The summed E-state index contributed by atoms with van der Waals surface area (Å²) in [4.78, 5) is 14.7. The first-order chi connectivity index (χ1) is 18.2. The van der Waals surface area contributed by atoms with Crippen LogP contribution in [0.15, 0.2) is 75.7 Å². The zero-order valence-corrected chi connectivity index (χ0v) is 23.1. The van der Waals surface area contributed by atoms with Crippen molar-refractivity contribution in [3.63, 3.8) is 0 Å². The first-order valence-electron chi connectivity index (χ1n) is 13.6. The van der Waals surface area contributed by atoms with E-state index in [0.29, 0.717) is 25.6 Å². The zero-order valence-electron chi connectivity index (χ0n) is 23.1. The molecule has 1 amide bonds. The molecule has 0 aromatic carbocycles. The maximum Gasteiger partial charge on any atom is 0.410 e. The Hall–Kier alpha value is -3.26. The van der Waals surface area contributed by atoms with Gasteiger partial charge in [0.2, 0.25) is 0 Å². The summed E-state index contributed by atoms with van der Waals surface area (Å²) >= 11 is 0. The molecule has 2 heterocycles. The van der Waals surface area contributed by atoms with Crippen molar-refractivity contribution in [1.82, 2.24) is 4.90 Å². The molecule has 0 saturated carbocycles. The van der Waals surface area contributed by atoms with E-state index in [2.05, 4.69) is 29.4 Å². The highest BCUT2D eigenvalue weighted by atomic mass is 16.6. The number of rotatable bonds is 3. The third-order valence-electron chi connectivity index (χ3n) is 7.60. The van der Waals surface area contributed by atoms with E-state index in [-0.39, 0.29) is 24.0 Å². The molecular formula is C30H42N4O4. The van der Waals surface area contributed by atoms with E-state index in [1.807, 2.05) is 43.9 Å². The number of likely N-dealkylation sites (tertiary alicyclic amines) is 1. The van der Waals surface area contributed by atoms with Gasteiger partial charge in [0.1, 0.15) is 29.9 Å². The van der Waals surface area contributed by atoms with E-state index in [0.717, 1.165) is 54.6 Å². The fraction of sp³-hybridized carbons (Fsp3) is 0.533. The monoisotopic (exact) mass is 522 g/mol. The molecule has 1 fully saturated rings. The van der Waals surface area contributed by atoms with Gasteiger partial charge >= 0.3 is 6.09 Å². The Kier molecular flexibility index (Phi) is 8.82. The average molecular weight is 523 g/mol. The van der Waals surface area contributed by atoms with Crippen LogP contribution in [-0.4, -0.2) is 55.3 Å². The SMILES string of the molecule is COC1C=CC=CC2=C1COC1=CC(/C(N)=N/N)=CCC=C1CC2C1CCCN(C(=O)OC(C)(C)C)CC1. The zero-order chi connectivity index (χ0) is 27.3. The molecule has 0 aromatic heterocycles. The van der Waals surface area contributed by atoms with Gasteiger partial charge < -0.3 is 30.7 Å². The largest absolute Gasteiger partial charge is 0.489 e. The highest BCUT2D eigenvalue weighted by molar-refractivity contribution is 5.99. The van der Waals surface area contributed by atoms with E-state index in [1.165, 1.54) is 5.57 Å². The predicted octanol–water partition coefficient (Wildman–Crippen LogP) is 4.87. The maximum absolute atomic E-state index is 12.8. The van der Waals surface area contributed by atoms with Crippen molar-refractivity contribution < 1.29 is 19.0 Å². The number of amides is 1. The average Bonchev–Trinajstić information content (AvgIpc) is 3.31. The lowest BCUT2D eigenvalue weighted by Crippen LogP contribution is -2.37. The second kappa shape index (κ2) is 12.1. The van der Waals surface area contributed by atoms with Crippen LogP contribution in [0.2, 0.25) is 0 Å². The standard InChI is InChI=1S/C30H42N4O4/c1-30(2,3)38-29(35)34-15-8-11-20(14-16-34)24-17-21-9-7-10-22(28(31)33-32)18-27(21)37-19-25-23(24)12-5-6-13-26(25)36-4/h5-6,9-10,12-13,18,20,24,26H,7-8,11,14-17,19,32H2,1-4H3,(H2,31,33). The number of nitrogens with zero attached hydrogens (tertiary/aromatic N) is 2. The molecule has 0 radical (unpaired) electrons. The van der Waals surface area contributed by atoms with Crippen molar-refractivity contribution in [3.05, 3.63) is 70.6 Å². The van der Waals surface area contributed by atoms with Crippen LogP contribution in [-0.2, 0) is 14.2 Å². The third-order valence-corrected chi connectivity index (χ3v) is 7.60.